The maximum Gasteiger partial charge on any atom is 0.138 e. The Kier molecular flexibility index (Phi) is 4.55. The van der Waals surface area contributed by atoms with Crippen molar-refractivity contribution in [1.29, 1.82) is 0 Å². The van der Waals surface area contributed by atoms with Gasteiger partial charge in [0.2, 0.25) is 0 Å². The molecule has 5 atom stereocenters. The van der Waals surface area contributed by atoms with Gasteiger partial charge < -0.3 is 25.2 Å². The van der Waals surface area contributed by atoms with Gasteiger partial charge in [-0.25, -0.2) is 4.98 Å². The van der Waals surface area contributed by atoms with Gasteiger partial charge in [-0.3, -0.25) is 0 Å². The van der Waals surface area contributed by atoms with E-state index in [1.54, 1.807) is 24.4 Å². The molecule has 0 spiro atoms. The minimum atomic E-state index is -1.23. The van der Waals surface area contributed by atoms with Crippen LogP contribution in [0.5, 0.6) is 0 Å². The summed E-state index contributed by atoms with van der Waals surface area (Å²) in [4.78, 5) is 4.07. The number of aliphatic hydroxyl groups excluding tert-OH is 4. The van der Waals surface area contributed by atoms with E-state index in [9.17, 15) is 15.3 Å². The molecule has 1 aliphatic rings. The highest BCUT2D eigenvalue weighted by molar-refractivity contribution is 7.99. The first-order valence-corrected chi connectivity index (χ1v) is 6.39. The van der Waals surface area contributed by atoms with Crippen LogP contribution in [0.1, 0.15) is 0 Å². The van der Waals surface area contributed by atoms with Crippen molar-refractivity contribution in [3.05, 3.63) is 24.4 Å². The van der Waals surface area contributed by atoms with Crippen molar-refractivity contribution in [2.45, 2.75) is 34.9 Å². The average molecular weight is 273 g/mol. The zero-order chi connectivity index (χ0) is 13.1. The third kappa shape index (κ3) is 2.82. The number of aromatic nitrogens is 1. The maximum absolute atomic E-state index is 9.82. The summed E-state index contributed by atoms with van der Waals surface area (Å²) in [6.45, 7) is -0.532. The molecule has 1 aromatic rings. The molecule has 0 bridgehead atoms. The van der Waals surface area contributed by atoms with Gasteiger partial charge >= 0.3 is 0 Å². The summed E-state index contributed by atoms with van der Waals surface area (Å²) in [5.41, 5.74) is -0.721. The fraction of sp³-hybridized carbons (Fsp3) is 0.545. The van der Waals surface area contributed by atoms with E-state index >= 15 is 0 Å². The second-order valence-electron chi connectivity index (χ2n) is 3.99. The summed E-state index contributed by atoms with van der Waals surface area (Å²) in [6, 6.07) is 5.32. The van der Waals surface area contributed by atoms with Crippen molar-refractivity contribution in [2.75, 3.05) is 6.61 Å². The van der Waals surface area contributed by atoms with E-state index in [4.69, 9.17) is 9.84 Å². The molecular weight excluding hydrogens is 258 g/mol. The fourth-order valence-electron chi connectivity index (χ4n) is 1.73. The third-order valence-corrected chi connectivity index (χ3v) is 3.80. The zero-order valence-corrected chi connectivity index (χ0v) is 10.3. The number of hydrogen-bond donors (Lipinski definition) is 4. The van der Waals surface area contributed by atoms with Crippen molar-refractivity contribution >= 4 is 11.8 Å². The largest absolute Gasteiger partial charge is 0.394 e. The number of ether oxygens (including phenoxy) is 1. The molecule has 100 valence electrons. The number of pyridine rings is 1. The smallest absolute Gasteiger partial charge is 0.138 e. The summed E-state index contributed by atoms with van der Waals surface area (Å²) in [5, 5.41) is 38.5. The Labute approximate surface area is 108 Å². The first-order valence-electron chi connectivity index (χ1n) is 5.51. The number of rotatable bonds is 4. The summed E-state index contributed by atoms with van der Waals surface area (Å²) < 4.78 is 5.36. The molecule has 2 rings (SSSR count). The van der Waals surface area contributed by atoms with E-state index in [-0.39, 0.29) is 0 Å². The lowest BCUT2D eigenvalue weighted by Crippen LogP contribution is -2.40. The Morgan fingerprint density at radius 1 is 1.33 bits per heavy atom. The molecular formula is C11H15NO5S. The van der Waals surface area contributed by atoms with Crippen molar-refractivity contribution in [3.8, 4) is 0 Å². The lowest BCUT2D eigenvalue weighted by atomic mass is 10.1. The van der Waals surface area contributed by atoms with Gasteiger partial charge in [-0.15, -0.1) is 0 Å². The van der Waals surface area contributed by atoms with Crippen molar-refractivity contribution < 1.29 is 25.2 Å². The Morgan fingerprint density at radius 2 is 2.11 bits per heavy atom. The topological polar surface area (TPSA) is 103 Å². The molecule has 18 heavy (non-hydrogen) atoms. The van der Waals surface area contributed by atoms with Gasteiger partial charge in [0.05, 0.1) is 11.6 Å². The summed E-state index contributed by atoms with van der Waals surface area (Å²) in [6.07, 6.45) is -2.97. The second-order valence-corrected chi connectivity index (χ2v) is 5.10. The molecule has 1 fully saturated rings. The average Bonchev–Trinajstić information content (AvgIpc) is 2.67. The molecule has 0 saturated carbocycles. The van der Waals surface area contributed by atoms with Gasteiger partial charge in [-0.1, -0.05) is 17.8 Å². The predicted octanol–water partition coefficient (Wildman–Crippen LogP) is -1.03. The van der Waals surface area contributed by atoms with Gasteiger partial charge in [-0.05, 0) is 12.1 Å². The Morgan fingerprint density at radius 3 is 2.72 bits per heavy atom. The molecule has 0 amide bonds. The highest BCUT2D eigenvalue weighted by Crippen LogP contribution is 2.34. The fourth-order valence-corrected chi connectivity index (χ4v) is 2.73. The predicted molar refractivity (Wildman–Crippen MR) is 63.9 cm³/mol. The van der Waals surface area contributed by atoms with Gasteiger partial charge in [0.1, 0.15) is 29.9 Å². The molecule has 0 unspecified atom stereocenters. The highest BCUT2D eigenvalue weighted by Gasteiger charge is 2.46. The van der Waals surface area contributed by atoms with Crippen LogP contribution >= 0.6 is 11.8 Å². The summed E-state index contributed by atoms with van der Waals surface area (Å²) in [7, 11) is 0. The number of thioether (sulfide) groups is 1. The van der Waals surface area contributed by atoms with E-state index < -0.39 is 36.5 Å². The van der Waals surface area contributed by atoms with E-state index in [0.717, 1.165) is 11.8 Å². The minimum absolute atomic E-state index is 0.532. The molecule has 0 radical (unpaired) electrons. The molecule has 1 aliphatic heterocycles. The molecule has 1 aromatic heterocycles. The van der Waals surface area contributed by atoms with E-state index in [0.29, 0.717) is 5.03 Å². The van der Waals surface area contributed by atoms with Crippen LogP contribution in [0.25, 0.3) is 0 Å². The van der Waals surface area contributed by atoms with Crippen molar-refractivity contribution in [3.63, 3.8) is 0 Å². The lowest BCUT2D eigenvalue weighted by Gasteiger charge is -2.18. The molecule has 7 heteroatoms. The molecule has 2 heterocycles. The Bertz CT molecular complexity index is 379. The normalized spacial score (nSPS) is 33.6. The first kappa shape index (κ1) is 13.7. The maximum atomic E-state index is 9.82. The van der Waals surface area contributed by atoms with Crippen LogP contribution in [-0.2, 0) is 4.74 Å². The molecule has 4 N–H and O–H groups in total. The highest BCUT2D eigenvalue weighted by atomic mass is 32.2. The van der Waals surface area contributed by atoms with Crippen molar-refractivity contribution in [2.24, 2.45) is 0 Å². The standard InChI is InChI=1S/C11H15NO5S/c13-5-6(14)10-8(15)9(16)11(17-10)18-7-3-1-2-4-12-7/h1-4,6,8-11,13-16H,5H2/t6-,8-,9-,10+,11+/m1/s1. The third-order valence-electron chi connectivity index (χ3n) is 2.70. The number of nitrogens with zero attached hydrogens (tertiary/aromatic N) is 1. The van der Waals surface area contributed by atoms with Crippen LogP contribution in [0, 0.1) is 0 Å². The summed E-state index contributed by atoms with van der Waals surface area (Å²) in [5.74, 6) is 0. The first-order chi connectivity index (χ1) is 8.63. The number of hydrogen-bond acceptors (Lipinski definition) is 7. The van der Waals surface area contributed by atoms with E-state index in [1.165, 1.54) is 0 Å². The number of aliphatic hydroxyl groups is 4. The molecule has 1 saturated heterocycles. The molecule has 0 aliphatic carbocycles. The zero-order valence-electron chi connectivity index (χ0n) is 9.46. The van der Waals surface area contributed by atoms with Gasteiger partial charge in [-0.2, -0.15) is 0 Å². The summed E-state index contributed by atoms with van der Waals surface area (Å²) >= 11 is 1.16. The van der Waals surface area contributed by atoms with E-state index in [2.05, 4.69) is 4.98 Å². The van der Waals surface area contributed by atoms with Gasteiger partial charge in [0, 0.05) is 6.20 Å². The Hall–Kier alpha value is -0.700. The Balaban J connectivity index is 2.03. The van der Waals surface area contributed by atoms with E-state index in [1.807, 2.05) is 0 Å². The minimum Gasteiger partial charge on any atom is -0.394 e. The van der Waals surface area contributed by atoms with Crippen LogP contribution in [0.15, 0.2) is 29.4 Å². The van der Waals surface area contributed by atoms with Gasteiger partial charge in [0.15, 0.2) is 0 Å². The van der Waals surface area contributed by atoms with Gasteiger partial charge in [0.25, 0.3) is 0 Å². The van der Waals surface area contributed by atoms with Crippen LogP contribution < -0.4 is 0 Å². The van der Waals surface area contributed by atoms with Crippen LogP contribution in [-0.4, -0.2) is 61.9 Å². The monoisotopic (exact) mass is 273 g/mol. The van der Waals surface area contributed by atoms with Crippen molar-refractivity contribution in [1.82, 2.24) is 4.98 Å². The van der Waals surface area contributed by atoms with Crippen LogP contribution in [0.2, 0.25) is 0 Å². The quantitative estimate of drug-likeness (QED) is 0.556. The second kappa shape index (κ2) is 5.96. The molecule has 0 aromatic carbocycles. The van der Waals surface area contributed by atoms with Crippen LogP contribution in [0.4, 0.5) is 0 Å². The molecule has 6 nitrogen and oxygen atoms in total. The lowest BCUT2D eigenvalue weighted by molar-refractivity contribution is -0.0713. The SMILES string of the molecule is OC[C@@H](O)[C@@H]1O[C@@H](Sc2ccccn2)[C@H](O)[C@H]1O. The van der Waals surface area contributed by atoms with Crippen LogP contribution in [0.3, 0.4) is 0 Å².